The molecule has 6 heteroatoms. The zero-order valence-corrected chi connectivity index (χ0v) is 27.4. The Balaban J connectivity index is 0.000000368. The lowest BCUT2D eigenvalue weighted by atomic mass is 9.77. The first-order valence-corrected chi connectivity index (χ1v) is 15.8. The number of aromatic nitrogens is 1. The summed E-state index contributed by atoms with van der Waals surface area (Å²) < 4.78 is 5.18. The quantitative estimate of drug-likeness (QED) is 0.161. The molecule has 3 rings (SSSR count). The molecule has 0 saturated heterocycles. The van der Waals surface area contributed by atoms with Gasteiger partial charge >= 0.3 is 0 Å². The van der Waals surface area contributed by atoms with Crippen LogP contribution in [0.2, 0.25) is 0 Å². The number of nitrogens with one attached hydrogen (secondary N) is 1. The molecule has 6 nitrogen and oxygen atoms in total. The van der Waals surface area contributed by atoms with Gasteiger partial charge in [-0.15, -0.1) is 0 Å². The number of carbonyl (C=O) groups excluding carboxylic acids is 2. The molecule has 3 aromatic rings. The molecule has 0 aliphatic carbocycles. The molecule has 1 aromatic heterocycles. The third kappa shape index (κ3) is 15.5. The molecule has 0 radical (unpaired) electrons. The fourth-order valence-corrected chi connectivity index (χ4v) is 5.09. The van der Waals surface area contributed by atoms with Crippen LogP contribution in [0.1, 0.15) is 95.4 Å². The topological polar surface area (TPSA) is 71.5 Å². The number of benzene rings is 2. The van der Waals surface area contributed by atoms with Crippen molar-refractivity contribution in [1.29, 1.82) is 0 Å². The number of hydrogen-bond donors (Lipinski definition) is 1. The van der Waals surface area contributed by atoms with Gasteiger partial charge in [-0.1, -0.05) is 95.5 Å². The van der Waals surface area contributed by atoms with Crippen LogP contribution < -0.4 is 10.1 Å². The molecule has 43 heavy (non-hydrogen) atoms. The minimum Gasteiger partial charge on any atom is -0.497 e. The molecule has 1 amide bonds. The third-order valence-corrected chi connectivity index (χ3v) is 7.53. The number of methoxy groups -OCH3 is 1. The number of amides is 1. The smallest absolute Gasteiger partial charge is 0.207 e. The highest BCUT2D eigenvalue weighted by Gasteiger charge is 2.27. The minimum atomic E-state index is -0.127. The Bertz CT molecular complexity index is 1090. The van der Waals surface area contributed by atoms with Crippen molar-refractivity contribution in [3.05, 3.63) is 95.8 Å². The second-order valence-corrected chi connectivity index (χ2v) is 11.1. The van der Waals surface area contributed by atoms with Gasteiger partial charge in [-0.3, -0.25) is 9.78 Å². The number of nitrogens with zero attached hydrogens (tertiary/aromatic N) is 2. The van der Waals surface area contributed by atoms with Crippen LogP contribution in [-0.2, 0) is 22.6 Å². The van der Waals surface area contributed by atoms with E-state index in [0.717, 1.165) is 76.6 Å². The molecule has 1 N–H and O–H groups in total. The fourth-order valence-electron chi connectivity index (χ4n) is 5.09. The molecule has 236 valence electrons. The van der Waals surface area contributed by atoms with Crippen molar-refractivity contribution in [2.75, 3.05) is 20.7 Å². The molecule has 1 unspecified atom stereocenters. The molecule has 0 spiro atoms. The lowest BCUT2D eigenvalue weighted by molar-refractivity contribution is -0.117. The molecular weight excluding hydrogens is 534 g/mol. The maximum Gasteiger partial charge on any atom is 0.207 e. The summed E-state index contributed by atoms with van der Waals surface area (Å²) in [7, 11) is 3.80. The van der Waals surface area contributed by atoms with Gasteiger partial charge < -0.3 is 19.7 Å². The molecule has 0 bridgehead atoms. The van der Waals surface area contributed by atoms with Crippen LogP contribution in [0.25, 0.3) is 0 Å². The summed E-state index contributed by atoms with van der Waals surface area (Å²) in [5, 5.41) is 2.82. The summed E-state index contributed by atoms with van der Waals surface area (Å²) in [6.07, 6.45) is 13.9. The first-order chi connectivity index (χ1) is 20.9. The summed E-state index contributed by atoms with van der Waals surface area (Å²) >= 11 is 0. The summed E-state index contributed by atoms with van der Waals surface area (Å²) in [4.78, 5) is 28.2. The standard InChI is InChI=1S/C19H31NO2.C11H15NO.C7H9N/c1-5-11-19(16-21,12-6-2)13-14-20(3)15-17-7-9-18(22-4)10-8-17;1-2-6-11(12-9-13)10-7-4-3-5-8-10;1-2-7-4-3-5-8-6-7/h7-10,16H,5-6,11-15H2,1-4H3;3-5,7-9,11H,2,6H2,1H3,(H,12,13);3-6H,2H2,1H3. The van der Waals surface area contributed by atoms with Crippen LogP contribution in [0.5, 0.6) is 5.75 Å². The van der Waals surface area contributed by atoms with Gasteiger partial charge in [0.05, 0.1) is 13.2 Å². The number of carbonyl (C=O) groups is 2. The molecule has 0 fully saturated rings. The number of pyridine rings is 1. The van der Waals surface area contributed by atoms with Gasteiger partial charge in [0.25, 0.3) is 0 Å². The Hall–Kier alpha value is -3.51. The van der Waals surface area contributed by atoms with Crippen LogP contribution in [-0.4, -0.2) is 43.3 Å². The highest BCUT2D eigenvalue weighted by Crippen LogP contribution is 2.31. The van der Waals surface area contributed by atoms with Crippen molar-refractivity contribution in [2.24, 2.45) is 5.41 Å². The predicted molar refractivity (Wildman–Crippen MR) is 179 cm³/mol. The monoisotopic (exact) mass is 589 g/mol. The van der Waals surface area contributed by atoms with E-state index in [1.165, 1.54) is 23.0 Å². The van der Waals surface area contributed by atoms with Crippen molar-refractivity contribution >= 4 is 12.7 Å². The molecule has 1 atom stereocenters. The van der Waals surface area contributed by atoms with E-state index in [0.29, 0.717) is 0 Å². The van der Waals surface area contributed by atoms with E-state index >= 15 is 0 Å². The number of ether oxygens (including phenoxy) is 1. The summed E-state index contributed by atoms with van der Waals surface area (Å²) in [5.74, 6) is 0.886. The molecule has 2 aromatic carbocycles. The lowest BCUT2D eigenvalue weighted by Gasteiger charge is -2.29. The zero-order valence-electron chi connectivity index (χ0n) is 27.4. The fraction of sp³-hybridized carbons (Fsp3) is 0.486. The average Bonchev–Trinajstić information content (AvgIpc) is 3.05. The van der Waals surface area contributed by atoms with E-state index in [4.69, 9.17) is 4.74 Å². The van der Waals surface area contributed by atoms with Gasteiger partial charge in [0.1, 0.15) is 12.0 Å². The number of aldehydes is 1. The number of aryl methyl sites for hydroxylation is 1. The molecule has 1 heterocycles. The Kier molecular flexibility index (Phi) is 20.1. The van der Waals surface area contributed by atoms with E-state index in [9.17, 15) is 9.59 Å². The van der Waals surface area contributed by atoms with Crippen LogP contribution in [0, 0.1) is 5.41 Å². The van der Waals surface area contributed by atoms with E-state index in [2.05, 4.69) is 68.1 Å². The summed E-state index contributed by atoms with van der Waals surface area (Å²) in [5.41, 5.74) is 3.62. The van der Waals surface area contributed by atoms with Gasteiger partial charge in [0.15, 0.2) is 0 Å². The van der Waals surface area contributed by atoms with Crippen LogP contribution in [0.15, 0.2) is 79.1 Å². The summed E-state index contributed by atoms with van der Waals surface area (Å²) in [6, 6.07) is 22.4. The second-order valence-electron chi connectivity index (χ2n) is 11.1. The number of hydrogen-bond acceptors (Lipinski definition) is 5. The van der Waals surface area contributed by atoms with E-state index < -0.39 is 0 Å². The molecule has 0 aliphatic rings. The Labute approximate surface area is 261 Å². The largest absolute Gasteiger partial charge is 0.497 e. The lowest BCUT2D eigenvalue weighted by Crippen LogP contribution is -2.29. The highest BCUT2D eigenvalue weighted by molar-refractivity contribution is 5.59. The Morgan fingerprint density at radius 2 is 1.53 bits per heavy atom. The van der Waals surface area contributed by atoms with Crippen molar-refractivity contribution in [2.45, 2.75) is 91.6 Å². The third-order valence-electron chi connectivity index (χ3n) is 7.53. The maximum absolute atomic E-state index is 11.6. The second kappa shape index (κ2) is 23.0. The highest BCUT2D eigenvalue weighted by atomic mass is 16.5. The van der Waals surface area contributed by atoms with Gasteiger partial charge in [0, 0.05) is 24.4 Å². The van der Waals surface area contributed by atoms with Crippen LogP contribution in [0.4, 0.5) is 0 Å². The Morgan fingerprint density at radius 3 is 2.00 bits per heavy atom. The first kappa shape index (κ1) is 37.5. The Morgan fingerprint density at radius 1 is 0.860 bits per heavy atom. The van der Waals surface area contributed by atoms with Crippen molar-refractivity contribution in [3.63, 3.8) is 0 Å². The van der Waals surface area contributed by atoms with Gasteiger partial charge in [-0.25, -0.2) is 0 Å². The molecular formula is C37H55N3O3. The number of rotatable bonds is 17. The van der Waals surface area contributed by atoms with Crippen LogP contribution >= 0.6 is 0 Å². The predicted octanol–water partition coefficient (Wildman–Crippen LogP) is 8.22. The van der Waals surface area contributed by atoms with Crippen molar-refractivity contribution in [3.8, 4) is 5.75 Å². The van der Waals surface area contributed by atoms with E-state index in [1.54, 1.807) is 13.3 Å². The van der Waals surface area contributed by atoms with Crippen LogP contribution in [0.3, 0.4) is 0 Å². The van der Waals surface area contributed by atoms with Gasteiger partial charge in [0.2, 0.25) is 6.41 Å². The van der Waals surface area contributed by atoms with E-state index in [-0.39, 0.29) is 11.5 Å². The molecule has 0 saturated carbocycles. The van der Waals surface area contributed by atoms with Gasteiger partial charge in [-0.05, 0) is 80.6 Å². The maximum atomic E-state index is 11.6. The first-order valence-electron chi connectivity index (χ1n) is 15.8. The molecule has 0 aliphatic heterocycles. The van der Waals surface area contributed by atoms with Crippen molar-refractivity contribution < 1.29 is 14.3 Å². The average molecular weight is 590 g/mol. The van der Waals surface area contributed by atoms with Gasteiger partial charge in [-0.2, -0.15) is 0 Å². The van der Waals surface area contributed by atoms with Crippen molar-refractivity contribution in [1.82, 2.24) is 15.2 Å². The summed E-state index contributed by atoms with van der Waals surface area (Å²) in [6.45, 7) is 10.4. The minimum absolute atomic E-state index is 0.127. The zero-order chi connectivity index (χ0) is 31.8. The SMILES string of the molecule is CCCC(C=O)(CCC)CCN(C)Cc1ccc(OC)cc1.CCCC(NC=O)c1ccccc1.CCc1cccnc1. The normalized spacial score (nSPS) is 11.3. The van der Waals surface area contributed by atoms with E-state index in [1.807, 2.05) is 54.7 Å².